The van der Waals surface area contributed by atoms with Gasteiger partial charge >= 0.3 is 0 Å². The Morgan fingerprint density at radius 1 is 1.26 bits per heavy atom. The molecule has 23 heavy (non-hydrogen) atoms. The Hall–Kier alpha value is -2.25. The number of rotatable bonds is 4. The van der Waals surface area contributed by atoms with Crippen LogP contribution in [0.4, 0.5) is 0 Å². The minimum Gasteiger partial charge on any atom is -0.419 e. The largest absolute Gasteiger partial charge is 0.419 e. The highest BCUT2D eigenvalue weighted by Gasteiger charge is 2.22. The first-order chi connectivity index (χ1) is 11.2. The fourth-order valence-corrected chi connectivity index (χ4v) is 2.66. The number of piperazine rings is 1. The van der Waals surface area contributed by atoms with Crippen LogP contribution in [-0.2, 0) is 11.3 Å². The molecule has 0 bridgehead atoms. The van der Waals surface area contributed by atoms with Crippen molar-refractivity contribution in [2.24, 2.45) is 0 Å². The average molecular weight is 316 g/mol. The summed E-state index contributed by atoms with van der Waals surface area (Å²) in [5, 5.41) is 17.1. The number of aromatic nitrogens is 2. The van der Waals surface area contributed by atoms with E-state index in [0.29, 0.717) is 31.4 Å². The Morgan fingerprint density at radius 3 is 2.74 bits per heavy atom. The van der Waals surface area contributed by atoms with E-state index in [-0.39, 0.29) is 5.91 Å². The van der Waals surface area contributed by atoms with Gasteiger partial charge in [-0.15, -0.1) is 10.2 Å². The van der Waals surface area contributed by atoms with E-state index in [0.717, 1.165) is 24.2 Å². The Labute approximate surface area is 134 Å². The van der Waals surface area contributed by atoms with E-state index in [1.54, 1.807) is 4.90 Å². The van der Waals surface area contributed by atoms with Gasteiger partial charge in [-0.1, -0.05) is 17.7 Å². The summed E-state index contributed by atoms with van der Waals surface area (Å²) in [7, 11) is 0. The zero-order valence-electron chi connectivity index (χ0n) is 13.1. The Balaban J connectivity index is 1.59. The maximum Gasteiger partial charge on any atom is 0.248 e. The molecule has 1 aliphatic rings. The van der Waals surface area contributed by atoms with Gasteiger partial charge in [-0.05, 0) is 19.1 Å². The standard InChI is InChI=1S/C16H20N4O3/c1-12-3-2-4-13(9-12)16-18-17-14(23-16)10-19-5-7-20(8-6-19)15(22)11-21/h2-4,9,21H,5-8,10-11H2,1H3. The Kier molecular flexibility index (Phi) is 4.68. The van der Waals surface area contributed by atoms with Gasteiger partial charge in [0, 0.05) is 31.7 Å². The molecule has 1 saturated heterocycles. The first-order valence-corrected chi connectivity index (χ1v) is 7.66. The van der Waals surface area contributed by atoms with Crippen molar-refractivity contribution in [3.8, 4) is 11.5 Å². The highest BCUT2D eigenvalue weighted by atomic mass is 16.4. The van der Waals surface area contributed by atoms with Crippen molar-refractivity contribution >= 4 is 5.91 Å². The highest BCUT2D eigenvalue weighted by molar-refractivity contribution is 5.77. The molecule has 1 aromatic carbocycles. The number of aliphatic hydroxyl groups excluding tert-OH is 1. The van der Waals surface area contributed by atoms with Gasteiger partial charge in [0.2, 0.25) is 17.7 Å². The summed E-state index contributed by atoms with van der Waals surface area (Å²) in [6.45, 7) is 4.84. The molecule has 1 amide bonds. The van der Waals surface area contributed by atoms with Crippen molar-refractivity contribution in [1.82, 2.24) is 20.0 Å². The summed E-state index contributed by atoms with van der Waals surface area (Å²) in [6.07, 6.45) is 0. The van der Waals surface area contributed by atoms with Crippen LogP contribution in [0.5, 0.6) is 0 Å². The zero-order valence-corrected chi connectivity index (χ0v) is 13.1. The summed E-state index contributed by atoms with van der Waals surface area (Å²) < 4.78 is 5.74. The molecule has 0 atom stereocenters. The first kappa shape index (κ1) is 15.6. The summed E-state index contributed by atoms with van der Waals surface area (Å²) in [5.74, 6) is 0.880. The monoisotopic (exact) mass is 316 g/mol. The number of aliphatic hydroxyl groups is 1. The van der Waals surface area contributed by atoms with Gasteiger partial charge in [0.1, 0.15) is 6.61 Å². The van der Waals surface area contributed by atoms with Crippen LogP contribution in [0.2, 0.25) is 0 Å². The predicted molar refractivity (Wildman–Crippen MR) is 83.4 cm³/mol. The highest BCUT2D eigenvalue weighted by Crippen LogP contribution is 2.19. The van der Waals surface area contributed by atoms with Gasteiger partial charge in [-0.3, -0.25) is 9.69 Å². The molecular weight excluding hydrogens is 296 g/mol. The second-order valence-corrected chi connectivity index (χ2v) is 5.69. The van der Waals surface area contributed by atoms with Crippen molar-refractivity contribution in [2.45, 2.75) is 13.5 Å². The van der Waals surface area contributed by atoms with Crippen LogP contribution in [0.15, 0.2) is 28.7 Å². The fraction of sp³-hybridized carbons (Fsp3) is 0.438. The Bertz CT molecular complexity index is 677. The SMILES string of the molecule is Cc1cccc(-c2nnc(CN3CCN(C(=O)CO)CC3)o2)c1. The van der Waals surface area contributed by atoms with Crippen LogP contribution < -0.4 is 0 Å². The van der Waals surface area contributed by atoms with Gasteiger partial charge in [-0.25, -0.2) is 0 Å². The van der Waals surface area contributed by atoms with E-state index < -0.39 is 6.61 Å². The minimum atomic E-state index is -0.427. The third-order valence-electron chi connectivity index (χ3n) is 3.95. The lowest BCUT2D eigenvalue weighted by Crippen LogP contribution is -2.49. The molecule has 0 radical (unpaired) electrons. The second-order valence-electron chi connectivity index (χ2n) is 5.69. The van der Waals surface area contributed by atoms with Crippen molar-refractivity contribution in [3.05, 3.63) is 35.7 Å². The molecule has 0 aliphatic carbocycles. The number of amides is 1. The van der Waals surface area contributed by atoms with Crippen molar-refractivity contribution in [3.63, 3.8) is 0 Å². The number of carbonyl (C=O) groups is 1. The summed E-state index contributed by atoms with van der Waals surface area (Å²) in [4.78, 5) is 15.3. The van der Waals surface area contributed by atoms with Gasteiger partial charge in [0.05, 0.1) is 6.54 Å². The average Bonchev–Trinajstić information content (AvgIpc) is 3.03. The molecule has 1 aliphatic heterocycles. The summed E-state index contributed by atoms with van der Waals surface area (Å²) in [5.41, 5.74) is 2.06. The molecule has 3 rings (SSSR count). The molecule has 1 N–H and O–H groups in total. The normalized spacial score (nSPS) is 15.8. The first-order valence-electron chi connectivity index (χ1n) is 7.66. The van der Waals surface area contributed by atoms with Crippen molar-refractivity contribution in [2.75, 3.05) is 32.8 Å². The number of carbonyl (C=O) groups excluding carboxylic acids is 1. The third kappa shape index (κ3) is 3.75. The lowest BCUT2D eigenvalue weighted by Gasteiger charge is -2.33. The molecule has 2 heterocycles. The summed E-state index contributed by atoms with van der Waals surface area (Å²) in [6, 6.07) is 7.94. The van der Waals surface area contributed by atoms with Gasteiger partial charge in [0.25, 0.3) is 0 Å². The smallest absolute Gasteiger partial charge is 0.248 e. The van der Waals surface area contributed by atoms with Crippen LogP contribution >= 0.6 is 0 Å². The van der Waals surface area contributed by atoms with Gasteiger partial charge in [0.15, 0.2) is 0 Å². The molecular formula is C16H20N4O3. The van der Waals surface area contributed by atoms with Crippen LogP contribution in [0.3, 0.4) is 0 Å². The van der Waals surface area contributed by atoms with Crippen LogP contribution in [0.25, 0.3) is 11.5 Å². The number of hydrogen-bond acceptors (Lipinski definition) is 6. The lowest BCUT2D eigenvalue weighted by atomic mass is 10.1. The van der Waals surface area contributed by atoms with E-state index in [4.69, 9.17) is 9.52 Å². The van der Waals surface area contributed by atoms with E-state index in [1.165, 1.54) is 0 Å². The fourth-order valence-electron chi connectivity index (χ4n) is 2.66. The van der Waals surface area contributed by atoms with Crippen LogP contribution in [0.1, 0.15) is 11.5 Å². The number of nitrogens with zero attached hydrogens (tertiary/aromatic N) is 4. The predicted octanol–water partition coefficient (Wildman–Crippen LogP) is 0.682. The van der Waals surface area contributed by atoms with Gasteiger partial charge in [-0.2, -0.15) is 0 Å². The maximum absolute atomic E-state index is 11.4. The van der Waals surface area contributed by atoms with E-state index in [9.17, 15) is 4.79 Å². The molecule has 2 aromatic rings. The van der Waals surface area contributed by atoms with Crippen LogP contribution in [0, 0.1) is 6.92 Å². The quantitative estimate of drug-likeness (QED) is 0.893. The maximum atomic E-state index is 11.4. The second kappa shape index (κ2) is 6.89. The van der Waals surface area contributed by atoms with Crippen LogP contribution in [-0.4, -0.2) is 63.8 Å². The van der Waals surface area contributed by atoms with E-state index in [1.807, 2.05) is 31.2 Å². The number of aryl methyl sites for hydroxylation is 1. The molecule has 7 heteroatoms. The third-order valence-corrected chi connectivity index (χ3v) is 3.95. The molecule has 0 saturated carbocycles. The van der Waals surface area contributed by atoms with Crippen molar-refractivity contribution in [1.29, 1.82) is 0 Å². The van der Waals surface area contributed by atoms with E-state index >= 15 is 0 Å². The Morgan fingerprint density at radius 2 is 2.04 bits per heavy atom. The molecule has 0 spiro atoms. The topological polar surface area (TPSA) is 82.7 Å². The number of benzene rings is 1. The lowest BCUT2D eigenvalue weighted by molar-refractivity contribution is -0.136. The minimum absolute atomic E-state index is 0.218. The van der Waals surface area contributed by atoms with E-state index in [2.05, 4.69) is 15.1 Å². The molecule has 1 aromatic heterocycles. The summed E-state index contributed by atoms with van der Waals surface area (Å²) >= 11 is 0. The molecule has 0 unspecified atom stereocenters. The number of hydrogen-bond donors (Lipinski definition) is 1. The molecule has 7 nitrogen and oxygen atoms in total. The molecule has 1 fully saturated rings. The van der Waals surface area contributed by atoms with Crippen molar-refractivity contribution < 1.29 is 14.3 Å². The zero-order chi connectivity index (χ0) is 16.2. The van der Waals surface area contributed by atoms with Gasteiger partial charge < -0.3 is 14.4 Å². The molecule has 122 valence electrons.